The van der Waals surface area contributed by atoms with E-state index in [9.17, 15) is 9.90 Å². The number of aromatic nitrogens is 1. The molecule has 1 aromatic rings. The Balaban J connectivity index is 2.16. The minimum Gasteiger partial charge on any atom is -0.444 e. The second-order valence-electron chi connectivity index (χ2n) is 5.82. The lowest BCUT2D eigenvalue weighted by Gasteiger charge is -2.28. The number of hydrogen-bond acceptors (Lipinski definition) is 4. The van der Waals surface area contributed by atoms with E-state index < -0.39 is 17.8 Å². The molecule has 1 fully saturated rings. The highest BCUT2D eigenvalue weighted by Crippen LogP contribution is 2.32. The van der Waals surface area contributed by atoms with Gasteiger partial charge in [-0.25, -0.2) is 4.79 Å². The standard InChI is InChI=1S/C14H20N2O3/c1-14(2,3)19-13(18)16-9-11(17)7-12(16)10-5-4-6-15-8-10/h4-6,8,11-12,17H,7,9H2,1-3H3. The van der Waals surface area contributed by atoms with E-state index in [4.69, 9.17) is 4.74 Å². The SMILES string of the molecule is CC(C)(C)OC(=O)N1CC(O)CC1c1cccnc1. The predicted molar refractivity (Wildman–Crippen MR) is 70.5 cm³/mol. The van der Waals surface area contributed by atoms with Crippen molar-refractivity contribution in [1.29, 1.82) is 0 Å². The summed E-state index contributed by atoms with van der Waals surface area (Å²) in [5.74, 6) is 0. The van der Waals surface area contributed by atoms with E-state index >= 15 is 0 Å². The van der Waals surface area contributed by atoms with Gasteiger partial charge in [0.25, 0.3) is 0 Å². The number of likely N-dealkylation sites (tertiary alicyclic amines) is 1. The van der Waals surface area contributed by atoms with Crippen LogP contribution in [0.1, 0.15) is 38.8 Å². The molecule has 1 aromatic heterocycles. The number of rotatable bonds is 1. The molecule has 0 radical (unpaired) electrons. The highest BCUT2D eigenvalue weighted by Gasteiger charge is 2.37. The van der Waals surface area contributed by atoms with Crippen LogP contribution in [0.15, 0.2) is 24.5 Å². The highest BCUT2D eigenvalue weighted by molar-refractivity contribution is 5.69. The van der Waals surface area contributed by atoms with Crippen LogP contribution in [0.25, 0.3) is 0 Å². The number of amides is 1. The van der Waals surface area contributed by atoms with Crippen LogP contribution in [-0.2, 0) is 4.74 Å². The van der Waals surface area contributed by atoms with E-state index in [0.717, 1.165) is 5.56 Å². The maximum absolute atomic E-state index is 12.2. The van der Waals surface area contributed by atoms with Crippen LogP contribution >= 0.6 is 0 Å². The fraction of sp³-hybridized carbons (Fsp3) is 0.571. The van der Waals surface area contributed by atoms with Crippen molar-refractivity contribution in [3.05, 3.63) is 30.1 Å². The third kappa shape index (κ3) is 3.44. The van der Waals surface area contributed by atoms with Crippen molar-refractivity contribution in [3.8, 4) is 0 Å². The second kappa shape index (κ2) is 5.17. The molecule has 2 unspecified atom stereocenters. The van der Waals surface area contributed by atoms with Crippen molar-refractivity contribution < 1.29 is 14.6 Å². The quantitative estimate of drug-likeness (QED) is 0.844. The number of carbonyl (C=O) groups is 1. The maximum atomic E-state index is 12.2. The summed E-state index contributed by atoms with van der Waals surface area (Å²) in [5, 5.41) is 9.81. The molecule has 1 aliphatic rings. The largest absolute Gasteiger partial charge is 0.444 e. The fourth-order valence-corrected chi connectivity index (χ4v) is 2.23. The van der Waals surface area contributed by atoms with Crippen molar-refractivity contribution >= 4 is 6.09 Å². The van der Waals surface area contributed by atoms with Crippen LogP contribution in [0.3, 0.4) is 0 Å². The van der Waals surface area contributed by atoms with Crippen LogP contribution in [0, 0.1) is 0 Å². The monoisotopic (exact) mass is 264 g/mol. The molecule has 5 nitrogen and oxygen atoms in total. The molecule has 2 heterocycles. The summed E-state index contributed by atoms with van der Waals surface area (Å²) < 4.78 is 5.38. The Morgan fingerprint density at radius 1 is 1.53 bits per heavy atom. The first kappa shape index (κ1) is 13.8. The van der Waals surface area contributed by atoms with Crippen molar-refractivity contribution in [3.63, 3.8) is 0 Å². The Hall–Kier alpha value is -1.62. The van der Waals surface area contributed by atoms with Crippen molar-refractivity contribution in [2.75, 3.05) is 6.54 Å². The minimum absolute atomic E-state index is 0.168. The zero-order valence-corrected chi connectivity index (χ0v) is 11.5. The molecule has 0 aliphatic carbocycles. The maximum Gasteiger partial charge on any atom is 0.410 e. The molecule has 104 valence electrons. The fourth-order valence-electron chi connectivity index (χ4n) is 2.23. The summed E-state index contributed by atoms with van der Waals surface area (Å²) in [7, 11) is 0. The summed E-state index contributed by atoms with van der Waals surface area (Å²) in [4.78, 5) is 17.8. The molecular formula is C14H20N2O3. The van der Waals surface area contributed by atoms with Gasteiger partial charge in [-0.3, -0.25) is 9.88 Å². The second-order valence-corrected chi connectivity index (χ2v) is 5.82. The van der Waals surface area contributed by atoms with Gasteiger partial charge < -0.3 is 9.84 Å². The van der Waals surface area contributed by atoms with Gasteiger partial charge in [-0.2, -0.15) is 0 Å². The zero-order chi connectivity index (χ0) is 14.0. The van der Waals surface area contributed by atoms with Crippen LogP contribution in [0.2, 0.25) is 0 Å². The molecule has 1 saturated heterocycles. The molecule has 2 rings (SSSR count). The first-order valence-corrected chi connectivity index (χ1v) is 6.44. The number of aliphatic hydroxyl groups is 1. The van der Waals surface area contributed by atoms with Crippen LogP contribution in [0.4, 0.5) is 4.79 Å². The Morgan fingerprint density at radius 2 is 2.26 bits per heavy atom. The molecule has 0 saturated carbocycles. The lowest BCUT2D eigenvalue weighted by Crippen LogP contribution is -2.37. The summed E-state index contributed by atoms with van der Waals surface area (Å²) >= 11 is 0. The van der Waals surface area contributed by atoms with Crippen LogP contribution in [-0.4, -0.2) is 39.3 Å². The summed E-state index contributed by atoms with van der Waals surface area (Å²) in [6, 6.07) is 3.57. The number of nitrogens with zero attached hydrogens (tertiary/aromatic N) is 2. The normalized spacial score (nSPS) is 23.5. The number of ether oxygens (including phenoxy) is 1. The molecule has 19 heavy (non-hydrogen) atoms. The van der Waals surface area contributed by atoms with Gasteiger partial charge in [0.1, 0.15) is 5.60 Å². The number of pyridine rings is 1. The molecule has 0 spiro atoms. The van der Waals surface area contributed by atoms with Gasteiger partial charge in [0, 0.05) is 12.4 Å². The Bertz CT molecular complexity index is 442. The molecular weight excluding hydrogens is 244 g/mol. The van der Waals surface area contributed by atoms with E-state index in [-0.39, 0.29) is 6.04 Å². The lowest BCUT2D eigenvalue weighted by atomic mass is 10.1. The number of carbonyl (C=O) groups excluding carboxylic acids is 1. The smallest absolute Gasteiger partial charge is 0.410 e. The number of hydrogen-bond donors (Lipinski definition) is 1. The highest BCUT2D eigenvalue weighted by atomic mass is 16.6. The van der Waals surface area contributed by atoms with Gasteiger partial charge in [0.15, 0.2) is 0 Å². The molecule has 2 atom stereocenters. The van der Waals surface area contributed by atoms with Crippen LogP contribution in [0.5, 0.6) is 0 Å². The first-order valence-electron chi connectivity index (χ1n) is 6.44. The molecule has 0 aromatic carbocycles. The third-order valence-electron chi connectivity index (χ3n) is 2.98. The van der Waals surface area contributed by atoms with Gasteiger partial charge in [-0.1, -0.05) is 6.07 Å². The van der Waals surface area contributed by atoms with Gasteiger partial charge in [0.2, 0.25) is 0 Å². The van der Waals surface area contributed by atoms with Gasteiger partial charge in [0.05, 0.1) is 18.7 Å². The molecule has 5 heteroatoms. The van der Waals surface area contributed by atoms with Crippen molar-refractivity contribution in [1.82, 2.24) is 9.88 Å². The molecule has 1 N–H and O–H groups in total. The van der Waals surface area contributed by atoms with E-state index in [1.165, 1.54) is 0 Å². The number of aliphatic hydroxyl groups excluding tert-OH is 1. The Morgan fingerprint density at radius 3 is 2.84 bits per heavy atom. The predicted octanol–water partition coefficient (Wildman–Crippen LogP) is 2.12. The molecule has 0 bridgehead atoms. The third-order valence-corrected chi connectivity index (χ3v) is 2.98. The average molecular weight is 264 g/mol. The van der Waals surface area contributed by atoms with Gasteiger partial charge in [-0.05, 0) is 38.8 Å². The van der Waals surface area contributed by atoms with E-state index in [0.29, 0.717) is 13.0 Å². The summed E-state index contributed by atoms with van der Waals surface area (Å²) in [5.41, 5.74) is 0.384. The van der Waals surface area contributed by atoms with E-state index in [1.807, 2.05) is 32.9 Å². The van der Waals surface area contributed by atoms with Gasteiger partial charge >= 0.3 is 6.09 Å². The van der Waals surface area contributed by atoms with Crippen molar-refractivity contribution in [2.24, 2.45) is 0 Å². The average Bonchev–Trinajstić information content (AvgIpc) is 2.70. The van der Waals surface area contributed by atoms with Crippen molar-refractivity contribution in [2.45, 2.75) is 44.9 Å². The number of β-amino-alcohol motifs (C(OH)–C–C–N with tert-alkyl or cyclic N) is 1. The molecule has 1 amide bonds. The van der Waals surface area contributed by atoms with Crippen LogP contribution < -0.4 is 0 Å². The lowest BCUT2D eigenvalue weighted by molar-refractivity contribution is 0.0206. The zero-order valence-electron chi connectivity index (χ0n) is 11.5. The van der Waals surface area contributed by atoms with E-state index in [1.54, 1.807) is 17.3 Å². The molecule has 1 aliphatic heterocycles. The van der Waals surface area contributed by atoms with E-state index in [2.05, 4.69) is 4.98 Å². The Labute approximate surface area is 113 Å². The Kier molecular flexibility index (Phi) is 3.75. The summed E-state index contributed by atoms with van der Waals surface area (Å²) in [6.45, 7) is 5.79. The summed E-state index contributed by atoms with van der Waals surface area (Å²) in [6.07, 6.45) is 3.02. The van der Waals surface area contributed by atoms with Gasteiger partial charge in [-0.15, -0.1) is 0 Å². The minimum atomic E-state index is -0.538. The topological polar surface area (TPSA) is 62.7 Å². The first-order chi connectivity index (χ1) is 8.87.